The van der Waals surface area contributed by atoms with Gasteiger partial charge in [0, 0.05) is 13.1 Å². The van der Waals surface area contributed by atoms with Crippen LogP contribution in [0.25, 0.3) is 0 Å². The van der Waals surface area contributed by atoms with Crippen molar-refractivity contribution in [3.8, 4) is 0 Å². The quantitative estimate of drug-likeness (QED) is 0.677. The Hall–Kier alpha value is -0.710. The maximum absolute atomic E-state index is 10.1. The lowest BCUT2D eigenvalue weighted by Gasteiger charge is -2.21. The summed E-state index contributed by atoms with van der Waals surface area (Å²) in [4.78, 5) is 4.35. The zero-order valence-electron chi connectivity index (χ0n) is 12.2. The Labute approximate surface area is 130 Å². The average Bonchev–Trinajstić information content (AvgIpc) is 2.42. The number of aliphatic hydroxyl groups excluding tert-OH is 1. The van der Waals surface area contributed by atoms with Gasteiger partial charge in [-0.05, 0) is 18.9 Å². The number of hydrogen-bond donors (Lipinski definition) is 3. The smallest absolute Gasteiger partial charge is 0.147 e. The Kier molecular flexibility index (Phi) is 7.41. The summed E-state index contributed by atoms with van der Waals surface area (Å²) in [7, 11) is 0. The van der Waals surface area contributed by atoms with Crippen LogP contribution in [0, 0.1) is 5.92 Å². The van der Waals surface area contributed by atoms with E-state index < -0.39 is 6.10 Å². The van der Waals surface area contributed by atoms with Crippen molar-refractivity contribution in [2.75, 3.05) is 23.7 Å². The molecule has 0 amide bonds. The van der Waals surface area contributed by atoms with Crippen molar-refractivity contribution in [1.29, 1.82) is 0 Å². The number of rotatable bonds is 8. The molecule has 0 aliphatic rings. The van der Waals surface area contributed by atoms with E-state index in [2.05, 4.69) is 29.5 Å². The van der Waals surface area contributed by atoms with E-state index in [4.69, 9.17) is 23.2 Å². The van der Waals surface area contributed by atoms with Gasteiger partial charge in [0.2, 0.25) is 0 Å². The van der Waals surface area contributed by atoms with Crippen molar-refractivity contribution in [3.63, 3.8) is 0 Å². The van der Waals surface area contributed by atoms with E-state index >= 15 is 0 Å². The van der Waals surface area contributed by atoms with Crippen molar-refractivity contribution in [2.24, 2.45) is 5.92 Å². The maximum Gasteiger partial charge on any atom is 0.147 e. The molecule has 0 fully saturated rings. The minimum absolute atomic E-state index is 0.279. The summed E-state index contributed by atoms with van der Waals surface area (Å²) in [5.41, 5.74) is 0. The molecule has 1 aromatic heterocycles. The molecule has 20 heavy (non-hydrogen) atoms. The number of hydrogen-bond acceptors (Lipinski definition) is 4. The zero-order valence-corrected chi connectivity index (χ0v) is 13.7. The molecule has 1 rings (SSSR count). The van der Waals surface area contributed by atoms with Crippen LogP contribution in [0.3, 0.4) is 0 Å². The predicted molar refractivity (Wildman–Crippen MR) is 87.0 cm³/mol. The molecule has 1 aromatic rings. The molecule has 6 heteroatoms. The summed E-state index contributed by atoms with van der Waals surface area (Å²) in [6.07, 6.45) is 1.48. The molecular weight excluding hydrogens is 297 g/mol. The molecule has 0 spiro atoms. The molecule has 1 atom stereocenters. The Morgan fingerprint density at radius 3 is 2.15 bits per heavy atom. The van der Waals surface area contributed by atoms with Crippen molar-refractivity contribution in [1.82, 2.24) is 4.98 Å². The topological polar surface area (TPSA) is 57.2 Å². The van der Waals surface area contributed by atoms with E-state index in [1.807, 2.05) is 6.92 Å². The van der Waals surface area contributed by atoms with Crippen LogP contribution in [0.1, 0.15) is 33.6 Å². The second-order valence-electron chi connectivity index (χ2n) is 4.70. The van der Waals surface area contributed by atoms with Gasteiger partial charge in [0.05, 0.1) is 16.1 Å². The fraction of sp³-hybridized carbons (Fsp3) is 0.643. The van der Waals surface area contributed by atoms with Crippen LogP contribution in [0.15, 0.2) is 6.07 Å². The standard InChI is InChI=1S/C14H23Cl2N3O/c1-4-9(5-2)12(20)8-18-14-11(16)7-10(15)13(19-14)17-6-3/h7,9,12,20H,4-6,8H2,1-3H3,(H2,17,18,19). The van der Waals surface area contributed by atoms with Crippen LogP contribution in [0.4, 0.5) is 11.6 Å². The lowest BCUT2D eigenvalue weighted by Crippen LogP contribution is -2.28. The molecular formula is C14H23Cl2N3O. The summed E-state index contributed by atoms with van der Waals surface area (Å²) >= 11 is 12.2. The first kappa shape index (κ1) is 17.3. The number of anilines is 2. The van der Waals surface area contributed by atoms with Crippen molar-refractivity contribution >= 4 is 34.8 Å². The molecule has 1 heterocycles. The molecule has 0 saturated heterocycles. The normalized spacial score (nSPS) is 12.6. The second-order valence-corrected chi connectivity index (χ2v) is 5.52. The molecule has 0 saturated carbocycles. The Bertz CT molecular complexity index is 425. The van der Waals surface area contributed by atoms with Crippen LogP contribution in [-0.4, -0.2) is 29.3 Å². The van der Waals surface area contributed by atoms with E-state index in [-0.39, 0.29) is 5.92 Å². The van der Waals surface area contributed by atoms with E-state index in [9.17, 15) is 5.11 Å². The first-order chi connectivity index (χ1) is 9.53. The molecule has 0 bridgehead atoms. The van der Waals surface area contributed by atoms with Crippen molar-refractivity contribution in [2.45, 2.75) is 39.7 Å². The fourth-order valence-electron chi connectivity index (χ4n) is 2.08. The van der Waals surface area contributed by atoms with E-state index in [1.54, 1.807) is 6.07 Å². The average molecular weight is 320 g/mol. The number of nitrogens with zero attached hydrogens (tertiary/aromatic N) is 1. The Morgan fingerprint density at radius 1 is 1.10 bits per heavy atom. The van der Waals surface area contributed by atoms with Gasteiger partial charge in [0.1, 0.15) is 11.6 Å². The first-order valence-electron chi connectivity index (χ1n) is 7.05. The highest BCUT2D eigenvalue weighted by Crippen LogP contribution is 2.29. The highest BCUT2D eigenvalue weighted by atomic mass is 35.5. The minimum atomic E-state index is -0.416. The second kappa shape index (κ2) is 8.55. The van der Waals surface area contributed by atoms with Gasteiger partial charge in [-0.25, -0.2) is 4.98 Å². The molecule has 3 N–H and O–H groups in total. The van der Waals surface area contributed by atoms with Gasteiger partial charge < -0.3 is 15.7 Å². The highest BCUT2D eigenvalue weighted by molar-refractivity contribution is 6.37. The summed E-state index contributed by atoms with van der Waals surface area (Å²) in [6, 6.07) is 1.65. The molecule has 114 valence electrons. The molecule has 0 aromatic carbocycles. The van der Waals surface area contributed by atoms with Crippen molar-refractivity contribution in [3.05, 3.63) is 16.1 Å². The molecule has 0 aliphatic carbocycles. The molecule has 0 aliphatic heterocycles. The predicted octanol–water partition coefficient (Wildman–Crippen LogP) is 4.03. The summed E-state index contributed by atoms with van der Waals surface area (Å²) in [6.45, 7) is 7.27. The van der Waals surface area contributed by atoms with Gasteiger partial charge in [-0.3, -0.25) is 0 Å². The van der Waals surface area contributed by atoms with Crippen molar-refractivity contribution < 1.29 is 5.11 Å². The van der Waals surface area contributed by atoms with Gasteiger partial charge in [-0.15, -0.1) is 0 Å². The van der Waals surface area contributed by atoms with E-state index in [0.29, 0.717) is 28.2 Å². The fourth-order valence-corrected chi connectivity index (χ4v) is 2.57. The third-order valence-corrected chi connectivity index (χ3v) is 3.92. The lowest BCUT2D eigenvalue weighted by molar-refractivity contribution is 0.114. The number of aliphatic hydroxyl groups is 1. The van der Waals surface area contributed by atoms with Crippen LogP contribution in [0.2, 0.25) is 10.0 Å². The largest absolute Gasteiger partial charge is 0.391 e. The number of halogens is 2. The van der Waals surface area contributed by atoms with Crippen LogP contribution >= 0.6 is 23.2 Å². The molecule has 4 nitrogen and oxygen atoms in total. The Balaban J connectivity index is 2.74. The van der Waals surface area contributed by atoms with E-state index in [0.717, 1.165) is 19.4 Å². The van der Waals surface area contributed by atoms with Gasteiger partial charge in [0.25, 0.3) is 0 Å². The summed E-state index contributed by atoms with van der Waals surface area (Å²) in [5.74, 6) is 1.41. The van der Waals surface area contributed by atoms with Gasteiger partial charge >= 0.3 is 0 Å². The SMILES string of the molecule is CCNc1nc(NCC(O)C(CC)CC)c(Cl)cc1Cl. The number of pyridine rings is 1. The number of aromatic nitrogens is 1. The first-order valence-corrected chi connectivity index (χ1v) is 7.80. The minimum Gasteiger partial charge on any atom is -0.391 e. The maximum atomic E-state index is 10.1. The summed E-state index contributed by atoms with van der Waals surface area (Å²) in [5, 5.41) is 17.2. The third-order valence-electron chi connectivity index (χ3n) is 3.35. The number of nitrogens with one attached hydrogen (secondary N) is 2. The van der Waals surface area contributed by atoms with Crippen LogP contribution in [0.5, 0.6) is 0 Å². The third kappa shape index (κ3) is 4.69. The summed E-state index contributed by atoms with van der Waals surface area (Å²) < 4.78 is 0. The van der Waals surface area contributed by atoms with Gasteiger partial charge in [-0.1, -0.05) is 49.9 Å². The Morgan fingerprint density at radius 2 is 1.65 bits per heavy atom. The highest BCUT2D eigenvalue weighted by Gasteiger charge is 2.16. The molecule has 1 unspecified atom stereocenters. The van der Waals surface area contributed by atoms with E-state index in [1.165, 1.54) is 0 Å². The van der Waals surface area contributed by atoms with Crippen LogP contribution < -0.4 is 10.6 Å². The monoisotopic (exact) mass is 319 g/mol. The van der Waals surface area contributed by atoms with Gasteiger partial charge in [0.15, 0.2) is 0 Å². The molecule has 0 radical (unpaired) electrons. The zero-order chi connectivity index (χ0) is 15.1. The lowest BCUT2D eigenvalue weighted by atomic mass is 9.97. The van der Waals surface area contributed by atoms with Gasteiger partial charge in [-0.2, -0.15) is 0 Å². The van der Waals surface area contributed by atoms with Crippen LogP contribution in [-0.2, 0) is 0 Å².